The van der Waals surface area contributed by atoms with Gasteiger partial charge in [0.1, 0.15) is 12.6 Å². The van der Waals surface area contributed by atoms with Crippen molar-refractivity contribution in [1.82, 2.24) is 9.21 Å². The van der Waals surface area contributed by atoms with Crippen molar-refractivity contribution >= 4 is 21.9 Å². The first kappa shape index (κ1) is 16.9. The zero-order chi connectivity index (χ0) is 15.5. The summed E-state index contributed by atoms with van der Waals surface area (Å²) in [5.41, 5.74) is 0. The number of carboxylic acids is 1. The number of aliphatic carboxylic acids is 1. The first-order valence-electron chi connectivity index (χ1n) is 6.70. The molecule has 0 aromatic rings. The van der Waals surface area contributed by atoms with Crippen LogP contribution in [0.5, 0.6) is 0 Å². The quantitative estimate of drug-likeness (QED) is 0.744. The van der Waals surface area contributed by atoms with Gasteiger partial charge in [0.2, 0.25) is 15.9 Å². The molecule has 1 rings (SSSR count). The summed E-state index contributed by atoms with van der Waals surface area (Å²) in [4.78, 5) is 24.5. The van der Waals surface area contributed by atoms with Crippen molar-refractivity contribution < 1.29 is 23.1 Å². The van der Waals surface area contributed by atoms with E-state index in [4.69, 9.17) is 5.11 Å². The molecule has 0 spiro atoms. The maximum atomic E-state index is 12.5. The van der Waals surface area contributed by atoms with Crippen LogP contribution in [0.15, 0.2) is 0 Å². The number of hydrogen-bond acceptors (Lipinski definition) is 4. The highest BCUT2D eigenvalue weighted by Crippen LogP contribution is 2.23. The van der Waals surface area contributed by atoms with Crippen LogP contribution >= 0.6 is 0 Å². The number of hydrogen-bond donors (Lipinski definition) is 1. The Morgan fingerprint density at radius 1 is 1.35 bits per heavy atom. The lowest BCUT2D eigenvalue weighted by atomic mass is 10.0. The molecule has 1 amide bonds. The Bertz CT molecular complexity index is 474. The number of carbonyl (C=O) groups is 2. The van der Waals surface area contributed by atoms with Gasteiger partial charge in [0.05, 0.1) is 5.75 Å². The van der Waals surface area contributed by atoms with Crippen molar-refractivity contribution in [2.24, 2.45) is 5.92 Å². The first-order valence-corrected chi connectivity index (χ1v) is 8.31. The summed E-state index contributed by atoms with van der Waals surface area (Å²) in [5.74, 6) is -1.70. The van der Waals surface area contributed by atoms with Crippen molar-refractivity contribution in [2.45, 2.75) is 33.2 Å². The summed E-state index contributed by atoms with van der Waals surface area (Å²) in [6.45, 7) is 5.36. The third-order valence-electron chi connectivity index (χ3n) is 3.35. The van der Waals surface area contributed by atoms with Crippen LogP contribution in [0.2, 0.25) is 0 Å². The minimum absolute atomic E-state index is 0.0502. The molecule has 116 valence electrons. The number of nitrogens with zero attached hydrogens (tertiary/aromatic N) is 2. The molecule has 1 saturated heterocycles. The maximum Gasteiger partial charge on any atom is 0.323 e. The first-order chi connectivity index (χ1) is 9.20. The number of sulfonamides is 1. The van der Waals surface area contributed by atoms with Crippen molar-refractivity contribution in [3.8, 4) is 0 Å². The maximum absolute atomic E-state index is 12.5. The van der Waals surface area contributed by atoms with Gasteiger partial charge in [0.15, 0.2) is 0 Å². The van der Waals surface area contributed by atoms with E-state index in [2.05, 4.69) is 0 Å². The number of likely N-dealkylation sites (N-methyl/N-ethyl adjacent to an activating group) is 1. The van der Waals surface area contributed by atoms with Crippen molar-refractivity contribution in [2.75, 3.05) is 25.4 Å². The molecule has 1 atom stereocenters. The lowest BCUT2D eigenvalue weighted by Crippen LogP contribution is -2.52. The van der Waals surface area contributed by atoms with Crippen molar-refractivity contribution in [1.29, 1.82) is 0 Å². The van der Waals surface area contributed by atoms with Crippen molar-refractivity contribution in [3.63, 3.8) is 0 Å². The zero-order valence-corrected chi connectivity index (χ0v) is 12.9. The van der Waals surface area contributed by atoms with Crippen LogP contribution < -0.4 is 0 Å². The van der Waals surface area contributed by atoms with E-state index in [-0.39, 0.29) is 18.2 Å². The summed E-state index contributed by atoms with van der Waals surface area (Å²) in [5, 5.41) is 8.83. The van der Waals surface area contributed by atoms with E-state index >= 15 is 0 Å². The van der Waals surface area contributed by atoms with Gasteiger partial charge in [0.25, 0.3) is 0 Å². The third kappa shape index (κ3) is 3.69. The smallest absolute Gasteiger partial charge is 0.323 e. The molecule has 0 aromatic heterocycles. The van der Waals surface area contributed by atoms with E-state index in [9.17, 15) is 18.0 Å². The molecule has 1 N–H and O–H groups in total. The lowest BCUT2D eigenvalue weighted by Gasteiger charge is -2.32. The topological polar surface area (TPSA) is 95.0 Å². The Morgan fingerprint density at radius 3 is 2.30 bits per heavy atom. The molecule has 1 unspecified atom stereocenters. The average Bonchev–Trinajstić information content (AvgIpc) is 2.65. The molecule has 20 heavy (non-hydrogen) atoms. The van der Waals surface area contributed by atoms with E-state index in [1.165, 1.54) is 9.21 Å². The number of amides is 1. The Morgan fingerprint density at radius 2 is 1.95 bits per heavy atom. The molecule has 1 aliphatic heterocycles. The Kier molecular flexibility index (Phi) is 5.52. The predicted molar refractivity (Wildman–Crippen MR) is 73.6 cm³/mol. The summed E-state index contributed by atoms with van der Waals surface area (Å²) in [6, 6.07) is -0.818. The molecule has 0 aromatic carbocycles. The van der Waals surface area contributed by atoms with Crippen LogP contribution in [-0.4, -0.2) is 66.0 Å². The molecular formula is C12H22N2O5S. The number of rotatable bonds is 6. The Balaban J connectivity index is 3.01. The van der Waals surface area contributed by atoms with Gasteiger partial charge in [-0.2, -0.15) is 4.31 Å². The van der Waals surface area contributed by atoms with Gasteiger partial charge in [-0.1, -0.05) is 13.8 Å². The molecular weight excluding hydrogens is 284 g/mol. The van der Waals surface area contributed by atoms with Crippen LogP contribution in [0.25, 0.3) is 0 Å². The van der Waals surface area contributed by atoms with Gasteiger partial charge in [0, 0.05) is 13.1 Å². The highest BCUT2D eigenvalue weighted by Gasteiger charge is 2.41. The molecule has 7 nitrogen and oxygen atoms in total. The van der Waals surface area contributed by atoms with E-state index in [1.807, 2.05) is 0 Å². The van der Waals surface area contributed by atoms with Crippen LogP contribution in [0.1, 0.15) is 27.2 Å². The molecule has 1 aliphatic rings. The van der Waals surface area contributed by atoms with E-state index in [1.54, 1.807) is 20.8 Å². The normalized spacial score (nSPS) is 20.0. The SMILES string of the molecule is CCN(CC(=O)O)C(=O)C(C(C)C)N1CCCS1(=O)=O. The largest absolute Gasteiger partial charge is 0.480 e. The molecule has 0 aliphatic carbocycles. The zero-order valence-electron chi connectivity index (χ0n) is 12.1. The highest BCUT2D eigenvalue weighted by atomic mass is 32.2. The molecule has 1 heterocycles. The van der Waals surface area contributed by atoms with Crippen LogP contribution in [0.4, 0.5) is 0 Å². The predicted octanol–water partition coefficient (Wildman–Crippen LogP) is -0.0204. The van der Waals surface area contributed by atoms with Gasteiger partial charge < -0.3 is 10.0 Å². The van der Waals surface area contributed by atoms with Gasteiger partial charge in [-0.15, -0.1) is 0 Å². The third-order valence-corrected chi connectivity index (χ3v) is 5.28. The average molecular weight is 306 g/mol. The highest BCUT2D eigenvalue weighted by molar-refractivity contribution is 7.89. The second kappa shape index (κ2) is 6.53. The van der Waals surface area contributed by atoms with E-state index in [0.717, 1.165) is 0 Å². The summed E-state index contributed by atoms with van der Waals surface area (Å²) < 4.78 is 25.2. The molecule has 0 saturated carbocycles. The molecule has 0 radical (unpaired) electrons. The summed E-state index contributed by atoms with van der Waals surface area (Å²) in [7, 11) is -3.41. The monoisotopic (exact) mass is 306 g/mol. The van der Waals surface area contributed by atoms with Gasteiger partial charge >= 0.3 is 5.97 Å². The second-order valence-electron chi connectivity index (χ2n) is 5.22. The van der Waals surface area contributed by atoms with Crippen LogP contribution in [0.3, 0.4) is 0 Å². The molecule has 8 heteroatoms. The van der Waals surface area contributed by atoms with Gasteiger partial charge in [-0.3, -0.25) is 9.59 Å². The Hall–Kier alpha value is -1.15. The Labute approximate surface area is 119 Å². The summed E-state index contributed by atoms with van der Waals surface area (Å²) in [6.07, 6.45) is 0.504. The summed E-state index contributed by atoms with van der Waals surface area (Å²) >= 11 is 0. The van der Waals surface area contributed by atoms with Crippen molar-refractivity contribution in [3.05, 3.63) is 0 Å². The van der Waals surface area contributed by atoms with Crippen LogP contribution in [-0.2, 0) is 19.6 Å². The van der Waals surface area contributed by atoms with E-state index in [0.29, 0.717) is 13.0 Å². The lowest BCUT2D eigenvalue weighted by molar-refractivity contribution is -0.146. The second-order valence-corrected chi connectivity index (χ2v) is 7.26. The van der Waals surface area contributed by atoms with Gasteiger partial charge in [-0.05, 0) is 19.3 Å². The standard InChI is InChI=1S/C12H22N2O5S/c1-4-13(8-10(15)16)12(17)11(9(2)3)14-6-5-7-20(14,18)19/h9,11H,4-8H2,1-3H3,(H,15,16). The fraction of sp³-hybridized carbons (Fsp3) is 0.833. The van der Waals surface area contributed by atoms with E-state index < -0.39 is 34.5 Å². The number of carbonyl (C=O) groups excluding carboxylic acids is 1. The minimum atomic E-state index is -3.41. The molecule has 0 bridgehead atoms. The minimum Gasteiger partial charge on any atom is -0.480 e. The van der Waals surface area contributed by atoms with Gasteiger partial charge in [-0.25, -0.2) is 8.42 Å². The number of carboxylic acid groups (broad SMARTS) is 1. The van der Waals surface area contributed by atoms with Crippen LogP contribution in [0, 0.1) is 5.92 Å². The fourth-order valence-corrected chi connectivity index (χ4v) is 4.22. The fourth-order valence-electron chi connectivity index (χ4n) is 2.41. The molecule has 1 fully saturated rings.